The van der Waals surface area contributed by atoms with E-state index in [-0.39, 0.29) is 11.1 Å². The molecule has 0 amide bonds. The number of hydrogen-bond acceptors (Lipinski definition) is 10. The van der Waals surface area contributed by atoms with E-state index in [1.165, 1.54) is 48.5 Å². The van der Waals surface area contributed by atoms with Gasteiger partial charge in [0.25, 0.3) is 0 Å². The number of benzene rings is 2. The van der Waals surface area contributed by atoms with Crippen molar-refractivity contribution in [1.29, 1.82) is 0 Å². The van der Waals surface area contributed by atoms with Gasteiger partial charge in [-0.3, -0.25) is 0 Å². The number of nitrogens with two attached hydrogens (primary N) is 2. The summed E-state index contributed by atoms with van der Waals surface area (Å²) in [7, 11) is 0. The van der Waals surface area contributed by atoms with E-state index in [1.807, 2.05) is 0 Å². The summed E-state index contributed by atoms with van der Waals surface area (Å²) in [5, 5.41) is 42.5. The predicted octanol–water partition coefficient (Wildman–Crippen LogP) is -1.86. The number of quaternary nitrogens is 2. The first-order valence-corrected chi connectivity index (χ1v) is 14.5. The first-order chi connectivity index (χ1) is 21.4. The fourth-order valence-electron chi connectivity index (χ4n) is 3.33. The van der Waals surface area contributed by atoms with Crippen LogP contribution < -0.4 is 20.8 Å². The minimum atomic E-state index is -1.18. The van der Waals surface area contributed by atoms with E-state index >= 15 is 0 Å². The SMILES string of the molecule is C1COCCOCCOCC[NH2+]1.C1COCCOCCOCC[NH2+]1.O=C(O)c1ccccc1[O-].O=C(O)c1ccccc1[O-]. The number of para-hydroxylation sites is 2. The Bertz CT molecular complexity index is 846. The van der Waals surface area contributed by atoms with Crippen molar-refractivity contribution in [3.05, 3.63) is 59.7 Å². The Morgan fingerprint density at radius 1 is 0.477 bits per heavy atom. The van der Waals surface area contributed by atoms with Gasteiger partial charge >= 0.3 is 11.9 Å². The Balaban J connectivity index is 0.000000294. The van der Waals surface area contributed by atoms with Crippen LogP contribution in [0, 0.1) is 0 Å². The van der Waals surface area contributed by atoms with Gasteiger partial charge in [0, 0.05) is 0 Å². The van der Waals surface area contributed by atoms with E-state index in [0.29, 0.717) is 52.9 Å². The van der Waals surface area contributed by atoms with E-state index < -0.39 is 23.4 Å². The molecule has 0 atom stereocenters. The summed E-state index contributed by atoms with van der Waals surface area (Å²) in [6, 6.07) is 11.1. The van der Waals surface area contributed by atoms with E-state index in [2.05, 4.69) is 10.6 Å². The molecule has 44 heavy (non-hydrogen) atoms. The Labute approximate surface area is 257 Å². The lowest BCUT2D eigenvalue weighted by Crippen LogP contribution is -2.86. The maximum absolute atomic E-state index is 10.7. The molecule has 0 saturated carbocycles. The van der Waals surface area contributed by atoms with Crippen molar-refractivity contribution in [2.45, 2.75) is 0 Å². The summed E-state index contributed by atoms with van der Waals surface area (Å²) < 4.78 is 31.7. The van der Waals surface area contributed by atoms with Gasteiger partial charge in [0.2, 0.25) is 0 Å². The first-order valence-electron chi connectivity index (χ1n) is 14.5. The highest BCUT2D eigenvalue weighted by Gasteiger charge is 2.01. The number of carboxylic acids is 2. The molecule has 14 nitrogen and oxygen atoms in total. The number of carbonyl (C=O) groups is 2. The third-order valence-electron chi connectivity index (χ3n) is 5.59. The second-order valence-corrected chi connectivity index (χ2v) is 9.01. The molecule has 0 aromatic heterocycles. The molecule has 0 spiro atoms. The zero-order valence-electron chi connectivity index (χ0n) is 25.1. The standard InChI is InChI=1S/2C8H17NO3.2C7H6O3/c2*1-3-10-5-7-12-8-6-11-4-2-9-1;2*8-6-4-2-1-3-5(6)7(9)10/h2*9H,1-8H2;2*1-4,8H,(H,9,10). The smallest absolute Gasteiger partial charge is 0.335 e. The molecule has 2 aliphatic rings. The van der Waals surface area contributed by atoms with Crippen LogP contribution in [-0.4, -0.2) is 128 Å². The molecule has 14 heteroatoms. The quantitative estimate of drug-likeness (QED) is 0.289. The minimum absolute atomic E-state index is 0.178. The summed E-state index contributed by atoms with van der Waals surface area (Å²) in [5.41, 5.74) is -0.356. The molecule has 0 unspecified atom stereocenters. The number of carboxylic acid groups (broad SMARTS) is 2. The topological polar surface area (TPSA) is 209 Å². The molecule has 2 aliphatic heterocycles. The Kier molecular flexibility index (Phi) is 23.9. The van der Waals surface area contributed by atoms with Crippen molar-refractivity contribution >= 4 is 11.9 Å². The maximum Gasteiger partial charge on any atom is 0.335 e. The molecule has 0 bridgehead atoms. The molecule has 248 valence electrons. The van der Waals surface area contributed by atoms with E-state index in [9.17, 15) is 19.8 Å². The fourth-order valence-corrected chi connectivity index (χ4v) is 3.33. The van der Waals surface area contributed by atoms with Gasteiger partial charge in [0.1, 0.15) is 0 Å². The van der Waals surface area contributed by atoms with E-state index in [1.54, 1.807) is 0 Å². The molecular formula is C30H46N2O12. The average molecular weight is 627 g/mol. The van der Waals surface area contributed by atoms with Gasteiger partial charge in [-0.15, -0.1) is 0 Å². The monoisotopic (exact) mass is 626 g/mol. The summed E-state index contributed by atoms with van der Waals surface area (Å²) in [4.78, 5) is 20.4. The summed E-state index contributed by atoms with van der Waals surface area (Å²) in [6.07, 6.45) is 0. The molecule has 2 aromatic carbocycles. The van der Waals surface area contributed by atoms with Gasteiger partial charge in [-0.1, -0.05) is 47.9 Å². The largest absolute Gasteiger partial charge is 0.872 e. The zero-order chi connectivity index (χ0) is 32.1. The van der Waals surface area contributed by atoms with Crippen LogP contribution in [0.1, 0.15) is 20.7 Å². The summed E-state index contributed by atoms with van der Waals surface area (Å²) >= 11 is 0. The van der Waals surface area contributed by atoms with Gasteiger partial charge in [-0.05, 0) is 12.1 Å². The zero-order valence-corrected chi connectivity index (χ0v) is 25.1. The van der Waals surface area contributed by atoms with Gasteiger partial charge in [-0.2, -0.15) is 0 Å². The second kappa shape index (κ2) is 27.2. The van der Waals surface area contributed by atoms with Gasteiger partial charge in [0.15, 0.2) is 0 Å². The molecule has 2 aromatic rings. The highest BCUT2D eigenvalue weighted by atomic mass is 16.5. The summed E-state index contributed by atoms with van der Waals surface area (Å²) in [5.74, 6) is -3.25. The fraction of sp³-hybridized carbons (Fsp3) is 0.533. The second-order valence-electron chi connectivity index (χ2n) is 9.01. The summed E-state index contributed by atoms with van der Waals surface area (Å²) in [6.45, 7) is 12.8. The van der Waals surface area contributed by atoms with Crippen LogP contribution in [-0.2, 0) is 28.4 Å². The number of rotatable bonds is 2. The van der Waals surface area contributed by atoms with Crippen molar-refractivity contribution in [2.75, 3.05) is 105 Å². The average Bonchev–Trinajstić information content (AvgIpc) is 2.99. The minimum Gasteiger partial charge on any atom is -0.872 e. The van der Waals surface area contributed by atoms with Gasteiger partial charge in [-0.25, -0.2) is 9.59 Å². The maximum atomic E-state index is 10.7. The molecule has 2 saturated heterocycles. The lowest BCUT2D eigenvalue weighted by atomic mass is 10.2. The van der Waals surface area contributed by atoms with E-state index in [4.69, 9.17) is 38.6 Å². The molecule has 2 fully saturated rings. The molecule has 0 aliphatic carbocycles. The third kappa shape index (κ3) is 21.4. The normalized spacial score (nSPS) is 17.3. The molecule has 0 radical (unpaired) electrons. The van der Waals surface area contributed by atoms with Crippen molar-refractivity contribution in [3.8, 4) is 11.5 Å². The highest BCUT2D eigenvalue weighted by Crippen LogP contribution is 2.11. The molecule has 4 rings (SSSR count). The number of ether oxygens (including phenoxy) is 6. The number of hydrogen-bond donors (Lipinski definition) is 4. The highest BCUT2D eigenvalue weighted by molar-refractivity contribution is 5.90. The van der Waals surface area contributed by atoms with Gasteiger partial charge in [0.05, 0.1) is 117 Å². The Hall–Kier alpha value is -3.34. The van der Waals surface area contributed by atoms with Crippen LogP contribution in [0.15, 0.2) is 48.5 Å². The van der Waals surface area contributed by atoms with Crippen LogP contribution in [0.25, 0.3) is 0 Å². The number of aromatic carboxylic acids is 2. The lowest BCUT2D eigenvalue weighted by Gasteiger charge is -2.08. The van der Waals surface area contributed by atoms with Crippen molar-refractivity contribution < 1.29 is 69.1 Å². The molecule has 2 heterocycles. The van der Waals surface area contributed by atoms with Crippen LogP contribution in [0.4, 0.5) is 0 Å². The van der Waals surface area contributed by atoms with Crippen molar-refractivity contribution in [3.63, 3.8) is 0 Å². The third-order valence-corrected chi connectivity index (χ3v) is 5.59. The van der Waals surface area contributed by atoms with Crippen LogP contribution in [0.5, 0.6) is 11.5 Å². The van der Waals surface area contributed by atoms with Crippen LogP contribution >= 0.6 is 0 Å². The molecule has 6 N–H and O–H groups in total. The lowest BCUT2D eigenvalue weighted by molar-refractivity contribution is -0.658. The first kappa shape index (κ1) is 38.7. The van der Waals surface area contributed by atoms with Gasteiger partial charge < -0.3 is 59.5 Å². The Morgan fingerprint density at radius 2 is 0.727 bits per heavy atom. The van der Waals surface area contributed by atoms with Crippen molar-refractivity contribution in [1.82, 2.24) is 0 Å². The Morgan fingerprint density at radius 3 is 0.955 bits per heavy atom. The molecular weight excluding hydrogens is 580 g/mol. The van der Waals surface area contributed by atoms with Crippen molar-refractivity contribution in [2.24, 2.45) is 0 Å². The van der Waals surface area contributed by atoms with Crippen LogP contribution in [0.2, 0.25) is 0 Å². The predicted molar refractivity (Wildman–Crippen MR) is 154 cm³/mol. The van der Waals surface area contributed by atoms with Crippen LogP contribution in [0.3, 0.4) is 0 Å². The van der Waals surface area contributed by atoms with E-state index in [0.717, 1.165) is 52.6 Å².